The molecule has 16 heavy (non-hydrogen) atoms. The van der Waals surface area contributed by atoms with E-state index in [1.807, 2.05) is 30.3 Å². The molecule has 0 atom stereocenters. The van der Waals surface area contributed by atoms with Gasteiger partial charge in [-0.3, -0.25) is 0 Å². The Morgan fingerprint density at radius 2 is 1.75 bits per heavy atom. The Hall–Kier alpha value is -1.35. The molecule has 0 aromatic heterocycles. The zero-order chi connectivity index (χ0) is 11.4. The van der Waals surface area contributed by atoms with Crippen molar-refractivity contribution >= 4 is 15.9 Å². The highest BCUT2D eigenvalue weighted by Crippen LogP contribution is 2.27. The molecular formula is C13H10BrFO. The fourth-order valence-electron chi connectivity index (χ4n) is 1.33. The highest BCUT2D eigenvalue weighted by Gasteiger charge is 2.05. The molecule has 3 heteroatoms. The molecule has 0 saturated heterocycles. The lowest BCUT2D eigenvalue weighted by atomic mass is 10.2. The van der Waals surface area contributed by atoms with E-state index in [-0.39, 0.29) is 5.82 Å². The predicted molar refractivity (Wildman–Crippen MR) is 64.9 cm³/mol. The second kappa shape index (κ2) is 5.12. The third kappa shape index (κ3) is 2.61. The number of hydrogen-bond acceptors (Lipinski definition) is 1. The van der Waals surface area contributed by atoms with Crippen molar-refractivity contribution in [3.05, 3.63) is 64.4 Å². The van der Waals surface area contributed by atoms with Crippen LogP contribution in [-0.4, -0.2) is 0 Å². The summed E-state index contributed by atoms with van der Waals surface area (Å²) in [5.41, 5.74) is 1.05. The van der Waals surface area contributed by atoms with Crippen LogP contribution < -0.4 is 4.74 Å². The molecule has 1 nitrogen and oxygen atoms in total. The van der Waals surface area contributed by atoms with Gasteiger partial charge in [0.1, 0.15) is 18.2 Å². The van der Waals surface area contributed by atoms with Crippen LogP contribution in [0.25, 0.3) is 0 Å². The van der Waals surface area contributed by atoms with Crippen LogP contribution in [0.15, 0.2) is 53.0 Å². The summed E-state index contributed by atoms with van der Waals surface area (Å²) in [5.74, 6) is 0.203. The zero-order valence-corrected chi connectivity index (χ0v) is 10.1. The first kappa shape index (κ1) is 11.1. The normalized spacial score (nSPS) is 10.1. The Balaban J connectivity index is 2.08. The monoisotopic (exact) mass is 280 g/mol. The number of rotatable bonds is 3. The van der Waals surface area contributed by atoms with Crippen LogP contribution in [0.2, 0.25) is 0 Å². The van der Waals surface area contributed by atoms with Gasteiger partial charge >= 0.3 is 0 Å². The minimum atomic E-state index is -0.314. The molecule has 0 bridgehead atoms. The maximum Gasteiger partial charge on any atom is 0.141 e. The van der Waals surface area contributed by atoms with Gasteiger partial charge in [0.15, 0.2) is 0 Å². The molecule has 2 aromatic rings. The summed E-state index contributed by atoms with van der Waals surface area (Å²) >= 11 is 3.15. The second-order valence-corrected chi connectivity index (χ2v) is 4.12. The van der Waals surface area contributed by atoms with Crippen molar-refractivity contribution in [3.63, 3.8) is 0 Å². The minimum Gasteiger partial charge on any atom is -0.488 e. The summed E-state index contributed by atoms with van der Waals surface area (Å²) in [6, 6.07) is 14.5. The Labute approximate surface area is 102 Å². The molecular weight excluding hydrogens is 271 g/mol. The van der Waals surface area contributed by atoms with E-state index in [4.69, 9.17) is 4.74 Å². The highest BCUT2D eigenvalue weighted by molar-refractivity contribution is 9.10. The number of ether oxygens (including phenoxy) is 1. The molecule has 0 aliphatic carbocycles. The van der Waals surface area contributed by atoms with Crippen molar-refractivity contribution in [1.82, 2.24) is 0 Å². The quantitative estimate of drug-likeness (QED) is 0.820. The fourth-order valence-corrected chi connectivity index (χ4v) is 1.71. The topological polar surface area (TPSA) is 9.23 Å². The molecule has 0 aliphatic heterocycles. The molecule has 0 amide bonds. The van der Waals surface area contributed by atoms with Gasteiger partial charge in [-0.15, -0.1) is 0 Å². The number of halogens is 2. The van der Waals surface area contributed by atoms with E-state index >= 15 is 0 Å². The largest absolute Gasteiger partial charge is 0.488 e. The van der Waals surface area contributed by atoms with Crippen LogP contribution in [-0.2, 0) is 6.61 Å². The van der Waals surface area contributed by atoms with E-state index < -0.39 is 0 Å². The average Bonchev–Trinajstić information content (AvgIpc) is 2.32. The second-order valence-electron chi connectivity index (χ2n) is 3.33. The van der Waals surface area contributed by atoms with E-state index in [9.17, 15) is 4.39 Å². The Morgan fingerprint density at radius 3 is 2.50 bits per heavy atom. The van der Waals surface area contributed by atoms with E-state index in [0.29, 0.717) is 16.8 Å². The summed E-state index contributed by atoms with van der Waals surface area (Å²) in [5, 5.41) is 0. The predicted octanol–water partition coefficient (Wildman–Crippen LogP) is 4.17. The van der Waals surface area contributed by atoms with Gasteiger partial charge in [0.25, 0.3) is 0 Å². The summed E-state index contributed by atoms with van der Waals surface area (Å²) in [6.45, 7) is 0.433. The molecule has 0 heterocycles. The van der Waals surface area contributed by atoms with Crippen LogP contribution >= 0.6 is 15.9 Å². The SMILES string of the molecule is Fc1cccc(OCc2ccccc2)c1Br. The van der Waals surface area contributed by atoms with Crippen LogP contribution in [0, 0.1) is 5.82 Å². The van der Waals surface area contributed by atoms with Gasteiger partial charge in [0.05, 0.1) is 4.47 Å². The van der Waals surface area contributed by atoms with Gasteiger partial charge in [-0.05, 0) is 33.6 Å². The first-order chi connectivity index (χ1) is 7.77. The number of benzene rings is 2. The third-order valence-corrected chi connectivity index (χ3v) is 2.92. The maximum atomic E-state index is 13.2. The maximum absolute atomic E-state index is 13.2. The minimum absolute atomic E-state index is 0.314. The van der Waals surface area contributed by atoms with E-state index in [0.717, 1.165) is 5.56 Å². The van der Waals surface area contributed by atoms with Gasteiger partial charge in [0, 0.05) is 0 Å². The van der Waals surface area contributed by atoms with Crippen molar-refractivity contribution in [2.24, 2.45) is 0 Å². The standard InChI is InChI=1S/C13H10BrFO/c14-13-11(15)7-4-8-12(13)16-9-10-5-2-1-3-6-10/h1-8H,9H2. The Kier molecular flexibility index (Phi) is 3.57. The third-order valence-electron chi connectivity index (χ3n) is 2.15. The van der Waals surface area contributed by atoms with Gasteiger partial charge in [0.2, 0.25) is 0 Å². The molecule has 2 rings (SSSR count). The lowest BCUT2D eigenvalue weighted by molar-refractivity contribution is 0.302. The molecule has 0 fully saturated rings. The van der Waals surface area contributed by atoms with Gasteiger partial charge in [-0.25, -0.2) is 4.39 Å². The fraction of sp³-hybridized carbons (Fsp3) is 0.0769. The molecule has 2 aromatic carbocycles. The van der Waals surface area contributed by atoms with Crippen molar-refractivity contribution in [2.45, 2.75) is 6.61 Å². The van der Waals surface area contributed by atoms with Gasteiger partial charge < -0.3 is 4.74 Å². The van der Waals surface area contributed by atoms with E-state index in [1.54, 1.807) is 12.1 Å². The lowest BCUT2D eigenvalue weighted by Gasteiger charge is -2.08. The summed E-state index contributed by atoms with van der Waals surface area (Å²) in [7, 11) is 0. The molecule has 82 valence electrons. The van der Waals surface area contributed by atoms with Crippen LogP contribution in [0.4, 0.5) is 4.39 Å². The average molecular weight is 281 g/mol. The van der Waals surface area contributed by atoms with Crippen LogP contribution in [0.5, 0.6) is 5.75 Å². The molecule has 0 N–H and O–H groups in total. The van der Waals surface area contributed by atoms with E-state index in [1.165, 1.54) is 6.07 Å². The lowest BCUT2D eigenvalue weighted by Crippen LogP contribution is -1.96. The smallest absolute Gasteiger partial charge is 0.141 e. The van der Waals surface area contributed by atoms with Crippen molar-refractivity contribution in [3.8, 4) is 5.75 Å². The highest BCUT2D eigenvalue weighted by atomic mass is 79.9. The molecule has 0 aliphatic rings. The molecule has 0 spiro atoms. The van der Waals surface area contributed by atoms with E-state index in [2.05, 4.69) is 15.9 Å². The Bertz CT molecular complexity index is 471. The molecule has 0 saturated carbocycles. The molecule has 0 radical (unpaired) electrons. The van der Waals surface area contributed by atoms with Gasteiger partial charge in [-0.1, -0.05) is 36.4 Å². The van der Waals surface area contributed by atoms with Crippen molar-refractivity contribution < 1.29 is 9.13 Å². The Morgan fingerprint density at radius 1 is 1.00 bits per heavy atom. The zero-order valence-electron chi connectivity index (χ0n) is 8.49. The summed E-state index contributed by atoms with van der Waals surface area (Å²) < 4.78 is 19.1. The number of hydrogen-bond donors (Lipinski definition) is 0. The van der Waals surface area contributed by atoms with Crippen molar-refractivity contribution in [1.29, 1.82) is 0 Å². The molecule has 0 unspecified atom stereocenters. The summed E-state index contributed by atoms with van der Waals surface area (Å²) in [4.78, 5) is 0. The van der Waals surface area contributed by atoms with Crippen LogP contribution in [0.3, 0.4) is 0 Å². The van der Waals surface area contributed by atoms with Crippen molar-refractivity contribution in [2.75, 3.05) is 0 Å². The van der Waals surface area contributed by atoms with Crippen LogP contribution in [0.1, 0.15) is 5.56 Å². The first-order valence-electron chi connectivity index (χ1n) is 4.88. The summed E-state index contributed by atoms with van der Waals surface area (Å²) in [6.07, 6.45) is 0. The first-order valence-corrected chi connectivity index (χ1v) is 5.67. The van der Waals surface area contributed by atoms with Gasteiger partial charge in [-0.2, -0.15) is 0 Å².